The maximum Gasteiger partial charge on any atom is 0.417 e. The Morgan fingerprint density at radius 1 is 1.03 bits per heavy atom. The lowest BCUT2D eigenvalue weighted by Gasteiger charge is -2.23. The van der Waals surface area contributed by atoms with E-state index < -0.39 is 41.8 Å². The predicted octanol–water partition coefficient (Wildman–Crippen LogP) is 6.50. The molecule has 5 nitrogen and oxygen atoms in total. The number of rotatable bonds is 6. The SMILES string of the molecule is C[C@H](C(=O)N1C(=O)O[C@@H](c2ccccc2)[C@H]1C)c1cc(OCc2ccccc2)cc(C(F)(F)F)c1. The second-order valence-electron chi connectivity index (χ2n) is 8.45. The average molecular weight is 483 g/mol. The number of nitrogens with zero attached hydrogens (tertiary/aromatic N) is 1. The summed E-state index contributed by atoms with van der Waals surface area (Å²) in [7, 11) is 0. The van der Waals surface area contributed by atoms with Gasteiger partial charge in [0.25, 0.3) is 0 Å². The number of halogens is 3. The standard InChI is InChI=1S/C27H24F3NO4/c1-17(25(32)31-18(2)24(35-26(31)33)20-11-7-4-8-12-20)21-13-22(27(28,29)30)15-23(14-21)34-16-19-9-5-3-6-10-19/h3-15,17-18,24H,16H2,1-2H3/t17-,18+,24+/m0/s1. The Balaban J connectivity index is 1.59. The van der Waals surface area contributed by atoms with Gasteiger partial charge in [-0.2, -0.15) is 13.2 Å². The molecule has 0 aromatic heterocycles. The minimum absolute atomic E-state index is 0.0162. The molecule has 3 atom stereocenters. The molecule has 0 bridgehead atoms. The zero-order valence-electron chi connectivity index (χ0n) is 19.2. The Kier molecular flexibility index (Phi) is 6.82. The molecule has 1 aliphatic heterocycles. The molecule has 0 spiro atoms. The molecular weight excluding hydrogens is 459 g/mol. The molecule has 1 heterocycles. The Morgan fingerprint density at radius 2 is 1.66 bits per heavy atom. The van der Waals surface area contributed by atoms with Gasteiger partial charge in [0.1, 0.15) is 18.5 Å². The molecule has 0 aliphatic carbocycles. The molecule has 2 amide bonds. The molecule has 0 N–H and O–H groups in total. The van der Waals surface area contributed by atoms with Crippen LogP contribution in [0.3, 0.4) is 0 Å². The molecular formula is C27H24F3NO4. The van der Waals surface area contributed by atoms with Crippen molar-refractivity contribution in [3.63, 3.8) is 0 Å². The van der Waals surface area contributed by atoms with E-state index in [9.17, 15) is 22.8 Å². The molecule has 1 saturated heterocycles. The van der Waals surface area contributed by atoms with Crippen molar-refractivity contribution in [3.8, 4) is 5.75 Å². The fraction of sp³-hybridized carbons (Fsp3) is 0.259. The number of hydrogen-bond acceptors (Lipinski definition) is 4. The number of benzene rings is 3. The van der Waals surface area contributed by atoms with Gasteiger partial charge in [-0.1, -0.05) is 60.7 Å². The minimum Gasteiger partial charge on any atom is -0.489 e. The minimum atomic E-state index is -4.64. The van der Waals surface area contributed by atoms with Crippen LogP contribution < -0.4 is 4.74 Å². The lowest BCUT2D eigenvalue weighted by molar-refractivity contribution is -0.138. The summed E-state index contributed by atoms with van der Waals surface area (Å²) in [5, 5.41) is 0. The van der Waals surface area contributed by atoms with Crippen LogP contribution in [0.25, 0.3) is 0 Å². The van der Waals surface area contributed by atoms with E-state index in [2.05, 4.69) is 0 Å². The van der Waals surface area contributed by atoms with Crippen LogP contribution in [-0.2, 0) is 22.3 Å². The first-order chi connectivity index (χ1) is 16.6. The van der Waals surface area contributed by atoms with Crippen LogP contribution in [0.15, 0.2) is 78.9 Å². The Labute approximate surface area is 201 Å². The third-order valence-electron chi connectivity index (χ3n) is 6.01. The molecule has 8 heteroatoms. The average Bonchev–Trinajstić information content (AvgIpc) is 3.16. The van der Waals surface area contributed by atoms with Gasteiger partial charge in [0.05, 0.1) is 17.5 Å². The van der Waals surface area contributed by atoms with E-state index in [1.807, 2.05) is 12.1 Å². The zero-order chi connectivity index (χ0) is 25.2. The van der Waals surface area contributed by atoms with Gasteiger partial charge in [0, 0.05) is 0 Å². The predicted molar refractivity (Wildman–Crippen MR) is 123 cm³/mol. The first-order valence-corrected chi connectivity index (χ1v) is 11.1. The summed E-state index contributed by atoms with van der Waals surface area (Å²) in [5.74, 6) is -1.70. The number of amides is 2. The zero-order valence-corrected chi connectivity index (χ0v) is 19.2. The maximum absolute atomic E-state index is 13.6. The first kappa shape index (κ1) is 24.3. The van der Waals surface area contributed by atoms with Crippen LogP contribution in [0.1, 0.15) is 48.1 Å². The molecule has 0 radical (unpaired) electrons. The summed E-state index contributed by atoms with van der Waals surface area (Å²) in [5.41, 5.74) is 0.677. The van der Waals surface area contributed by atoms with Gasteiger partial charge in [-0.05, 0) is 48.7 Å². The van der Waals surface area contributed by atoms with Crippen molar-refractivity contribution >= 4 is 12.0 Å². The third-order valence-corrected chi connectivity index (χ3v) is 6.01. The molecule has 35 heavy (non-hydrogen) atoms. The Bertz CT molecular complexity index is 1200. The number of carbonyl (C=O) groups excluding carboxylic acids is 2. The van der Waals surface area contributed by atoms with Crippen molar-refractivity contribution in [2.75, 3.05) is 0 Å². The number of cyclic esters (lactones) is 1. The van der Waals surface area contributed by atoms with Crippen LogP contribution in [0, 0.1) is 0 Å². The van der Waals surface area contributed by atoms with Gasteiger partial charge in [-0.3, -0.25) is 4.79 Å². The van der Waals surface area contributed by atoms with Crippen LogP contribution in [0.5, 0.6) is 5.75 Å². The highest BCUT2D eigenvalue weighted by molar-refractivity contribution is 5.97. The molecule has 0 unspecified atom stereocenters. The van der Waals surface area contributed by atoms with Crippen molar-refractivity contribution in [1.29, 1.82) is 0 Å². The van der Waals surface area contributed by atoms with E-state index in [-0.39, 0.29) is 17.9 Å². The van der Waals surface area contributed by atoms with Crippen molar-refractivity contribution in [2.45, 2.75) is 44.7 Å². The van der Waals surface area contributed by atoms with E-state index in [0.29, 0.717) is 0 Å². The Hall–Kier alpha value is -3.81. The van der Waals surface area contributed by atoms with Crippen molar-refractivity contribution < 1.29 is 32.2 Å². The Morgan fingerprint density at radius 3 is 2.29 bits per heavy atom. The first-order valence-electron chi connectivity index (χ1n) is 11.1. The molecule has 1 fully saturated rings. The highest BCUT2D eigenvalue weighted by Crippen LogP contribution is 2.37. The van der Waals surface area contributed by atoms with Crippen molar-refractivity contribution in [1.82, 2.24) is 4.90 Å². The summed E-state index contributed by atoms with van der Waals surface area (Å²) in [4.78, 5) is 26.9. The number of hydrogen-bond donors (Lipinski definition) is 0. The number of carbonyl (C=O) groups is 2. The summed E-state index contributed by atoms with van der Waals surface area (Å²) < 4.78 is 51.9. The summed E-state index contributed by atoms with van der Waals surface area (Å²) in [6, 6.07) is 20.6. The van der Waals surface area contributed by atoms with E-state index in [0.717, 1.165) is 28.2 Å². The molecule has 182 valence electrons. The summed E-state index contributed by atoms with van der Waals surface area (Å²) in [6.45, 7) is 3.21. The fourth-order valence-electron chi connectivity index (χ4n) is 4.06. The monoisotopic (exact) mass is 483 g/mol. The fourth-order valence-corrected chi connectivity index (χ4v) is 4.06. The quantitative estimate of drug-likeness (QED) is 0.402. The van der Waals surface area contributed by atoms with E-state index in [4.69, 9.17) is 9.47 Å². The molecule has 3 aromatic carbocycles. The van der Waals surface area contributed by atoms with E-state index >= 15 is 0 Å². The van der Waals surface area contributed by atoms with Crippen molar-refractivity contribution in [3.05, 3.63) is 101 Å². The molecule has 0 saturated carbocycles. The lowest BCUT2D eigenvalue weighted by atomic mass is 9.95. The van der Waals surface area contributed by atoms with Gasteiger partial charge >= 0.3 is 12.3 Å². The van der Waals surface area contributed by atoms with E-state index in [1.54, 1.807) is 55.5 Å². The number of alkyl halides is 3. The van der Waals surface area contributed by atoms with Gasteiger partial charge in [-0.15, -0.1) is 0 Å². The highest BCUT2D eigenvalue weighted by atomic mass is 19.4. The molecule has 4 rings (SSSR count). The smallest absolute Gasteiger partial charge is 0.417 e. The topological polar surface area (TPSA) is 55.8 Å². The second kappa shape index (κ2) is 9.82. The van der Waals surface area contributed by atoms with Crippen LogP contribution >= 0.6 is 0 Å². The summed E-state index contributed by atoms with van der Waals surface area (Å²) >= 11 is 0. The number of imide groups is 1. The van der Waals surface area contributed by atoms with Gasteiger partial charge in [0.15, 0.2) is 0 Å². The van der Waals surface area contributed by atoms with Crippen molar-refractivity contribution in [2.24, 2.45) is 0 Å². The normalized spacial score (nSPS) is 18.8. The third kappa shape index (κ3) is 5.31. The largest absolute Gasteiger partial charge is 0.489 e. The van der Waals surface area contributed by atoms with Gasteiger partial charge in [0.2, 0.25) is 5.91 Å². The second-order valence-corrected chi connectivity index (χ2v) is 8.45. The van der Waals surface area contributed by atoms with Crippen LogP contribution in [0.2, 0.25) is 0 Å². The lowest BCUT2D eigenvalue weighted by Crippen LogP contribution is -2.40. The van der Waals surface area contributed by atoms with E-state index in [1.165, 1.54) is 13.0 Å². The number of ether oxygens (including phenoxy) is 2. The maximum atomic E-state index is 13.6. The van der Waals surface area contributed by atoms with Crippen LogP contribution in [-0.4, -0.2) is 22.9 Å². The van der Waals surface area contributed by atoms with Gasteiger partial charge < -0.3 is 9.47 Å². The molecule has 1 aliphatic rings. The molecule has 3 aromatic rings. The summed E-state index contributed by atoms with van der Waals surface area (Å²) in [6.07, 6.45) is -6.12. The highest BCUT2D eigenvalue weighted by Gasteiger charge is 2.45. The van der Waals surface area contributed by atoms with Crippen LogP contribution in [0.4, 0.5) is 18.0 Å². The van der Waals surface area contributed by atoms with Gasteiger partial charge in [-0.25, -0.2) is 9.69 Å².